The number of rotatable bonds is 4. The number of likely N-dealkylation sites (tertiary alicyclic amines) is 1. The van der Waals surface area contributed by atoms with Crippen molar-refractivity contribution in [3.05, 3.63) is 0 Å². The second-order valence-corrected chi connectivity index (χ2v) is 13.2. The summed E-state index contributed by atoms with van der Waals surface area (Å²) in [4.78, 5) is 12.4. The van der Waals surface area contributed by atoms with Crippen LogP contribution < -0.4 is 0 Å². The normalized spacial score (nSPS) is 22.3. The van der Waals surface area contributed by atoms with Crippen molar-refractivity contribution in [2.24, 2.45) is 5.41 Å². The van der Waals surface area contributed by atoms with Crippen molar-refractivity contribution in [1.29, 1.82) is 0 Å². The van der Waals surface area contributed by atoms with Crippen LogP contribution in [-0.2, 0) is 4.43 Å². The second-order valence-electron chi connectivity index (χ2n) is 8.45. The van der Waals surface area contributed by atoms with Crippen molar-refractivity contribution in [3.8, 4) is 0 Å². The minimum absolute atomic E-state index is 0.106. The van der Waals surface area contributed by atoms with Gasteiger partial charge in [0.05, 0.1) is 12.2 Å². The largest absolute Gasteiger partial charge is 0.465 e. The van der Waals surface area contributed by atoms with Gasteiger partial charge in [0.2, 0.25) is 0 Å². The zero-order valence-electron chi connectivity index (χ0n) is 15.1. The van der Waals surface area contributed by atoms with Gasteiger partial charge in [0.25, 0.3) is 0 Å². The zero-order valence-corrected chi connectivity index (χ0v) is 16.1. The molecule has 2 atom stereocenters. The fourth-order valence-electron chi connectivity index (χ4n) is 2.78. The van der Waals surface area contributed by atoms with Crippen LogP contribution in [0.15, 0.2) is 0 Å². The van der Waals surface area contributed by atoms with Crippen LogP contribution in [0.2, 0.25) is 18.1 Å². The third kappa shape index (κ3) is 4.23. The molecule has 0 aromatic carbocycles. The molecule has 0 aliphatic carbocycles. The highest BCUT2D eigenvalue weighted by molar-refractivity contribution is 6.74. The van der Waals surface area contributed by atoms with E-state index in [2.05, 4.69) is 33.9 Å². The monoisotopic (exact) mass is 331 g/mol. The van der Waals surface area contributed by atoms with Crippen LogP contribution in [0.3, 0.4) is 0 Å². The highest BCUT2D eigenvalue weighted by Crippen LogP contribution is 2.41. The number of carbonyl (C=O) groups is 1. The molecule has 0 radical (unpaired) electrons. The van der Waals surface area contributed by atoms with Gasteiger partial charge in [0, 0.05) is 13.1 Å². The van der Waals surface area contributed by atoms with E-state index in [1.807, 2.05) is 13.8 Å². The summed E-state index contributed by atoms with van der Waals surface area (Å²) in [5, 5.41) is 19.9. The molecule has 1 aliphatic heterocycles. The van der Waals surface area contributed by atoms with E-state index in [-0.39, 0.29) is 16.6 Å². The Morgan fingerprint density at radius 2 is 1.73 bits per heavy atom. The SMILES string of the molecule is C[C@H](O[Si](C)(C)C(C)(C)C)C(O)C1(C)CCN(C(=O)O)CC1. The predicted molar refractivity (Wildman–Crippen MR) is 90.7 cm³/mol. The topological polar surface area (TPSA) is 70.0 Å². The number of hydrogen-bond donors (Lipinski definition) is 2. The van der Waals surface area contributed by atoms with E-state index in [1.54, 1.807) is 0 Å². The third-order valence-electron chi connectivity index (χ3n) is 5.62. The van der Waals surface area contributed by atoms with Gasteiger partial charge in [-0.25, -0.2) is 4.79 Å². The molecule has 6 heteroatoms. The van der Waals surface area contributed by atoms with Gasteiger partial charge in [-0.2, -0.15) is 0 Å². The molecule has 2 N–H and O–H groups in total. The van der Waals surface area contributed by atoms with Gasteiger partial charge in [-0.05, 0) is 43.3 Å². The molecule has 0 saturated carbocycles. The number of amides is 1. The van der Waals surface area contributed by atoms with Crippen LogP contribution in [0, 0.1) is 5.41 Å². The highest BCUT2D eigenvalue weighted by atomic mass is 28.4. The molecular formula is C16H33NO4Si. The molecule has 1 saturated heterocycles. The van der Waals surface area contributed by atoms with Crippen molar-refractivity contribution in [1.82, 2.24) is 4.90 Å². The van der Waals surface area contributed by atoms with E-state index in [4.69, 9.17) is 9.53 Å². The first kappa shape index (κ1) is 19.5. The van der Waals surface area contributed by atoms with E-state index in [1.165, 1.54) is 4.90 Å². The average molecular weight is 332 g/mol. The summed E-state index contributed by atoms with van der Waals surface area (Å²) in [6.45, 7) is 15.9. The Bertz CT molecular complexity index is 397. The molecule has 0 aromatic rings. The highest BCUT2D eigenvalue weighted by Gasteiger charge is 2.44. The Morgan fingerprint density at radius 1 is 1.27 bits per heavy atom. The number of carboxylic acid groups (broad SMARTS) is 1. The summed E-state index contributed by atoms with van der Waals surface area (Å²) in [6.07, 6.45) is -0.334. The maximum Gasteiger partial charge on any atom is 0.407 e. The first-order valence-electron chi connectivity index (χ1n) is 8.14. The lowest BCUT2D eigenvalue weighted by Crippen LogP contribution is -2.53. The first-order valence-corrected chi connectivity index (χ1v) is 11.0. The van der Waals surface area contributed by atoms with Gasteiger partial charge in [0.15, 0.2) is 8.32 Å². The van der Waals surface area contributed by atoms with Gasteiger partial charge in [-0.3, -0.25) is 0 Å². The van der Waals surface area contributed by atoms with E-state index in [0.29, 0.717) is 25.9 Å². The lowest BCUT2D eigenvalue weighted by atomic mass is 9.74. The summed E-state index contributed by atoms with van der Waals surface area (Å²) in [6, 6.07) is 0. The summed E-state index contributed by atoms with van der Waals surface area (Å²) in [5.41, 5.74) is -0.284. The molecule has 1 aliphatic rings. The molecule has 130 valence electrons. The second kappa shape index (κ2) is 6.49. The average Bonchev–Trinajstić information content (AvgIpc) is 2.36. The fraction of sp³-hybridized carbons (Fsp3) is 0.938. The van der Waals surface area contributed by atoms with Gasteiger partial charge >= 0.3 is 6.09 Å². The Morgan fingerprint density at radius 3 is 2.09 bits per heavy atom. The molecule has 5 nitrogen and oxygen atoms in total. The molecule has 1 rings (SSSR count). The quantitative estimate of drug-likeness (QED) is 0.773. The molecule has 1 amide bonds. The van der Waals surface area contributed by atoms with Crippen LogP contribution in [0.4, 0.5) is 4.79 Å². The first-order chi connectivity index (χ1) is 9.80. The summed E-state index contributed by atoms with van der Waals surface area (Å²) in [7, 11) is -1.92. The van der Waals surface area contributed by atoms with Gasteiger partial charge in [-0.15, -0.1) is 0 Å². The van der Waals surface area contributed by atoms with E-state index in [0.717, 1.165) is 0 Å². The minimum Gasteiger partial charge on any atom is -0.465 e. The number of piperidine rings is 1. The molecule has 1 fully saturated rings. The van der Waals surface area contributed by atoms with E-state index in [9.17, 15) is 9.90 Å². The van der Waals surface area contributed by atoms with Gasteiger partial charge in [-0.1, -0.05) is 27.7 Å². The van der Waals surface area contributed by atoms with Crippen LogP contribution in [0.25, 0.3) is 0 Å². The Kier molecular flexibility index (Phi) is 5.74. The van der Waals surface area contributed by atoms with Crippen LogP contribution in [0.5, 0.6) is 0 Å². The van der Waals surface area contributed by atoms with Crippen molar-refractivity contribution in [2.75, 3.05) is 13.1 Å². The summed E-state index contributed by atoms with van der Waals surface area (Å²) in [5.74, 6) is 0. The number of aliphatic hydroxyl groups excluding tert-OH is 1. The molecule has 22 heavy (non-hydrogen) atoms. The van der Waals surface area contributed by atoms with Crippen LogP contribution in [-0.4, -0.2) is 54.8 Å². The lowest BCUT2D eigenvalue weighted by molar-refractivity contribution is -0.0680. The van der Waals surface area contributed by atoms with Gasteiger partial charge in [0.1, 0.15) is 0 Å². The lowest BCUT2D eigenvalue weighted by Gasteiger charge is -2.46. The Balaban J connectivity index is 2.71. The van der Waals surface area contributed by atoms with E-state index < -0.39 is 20.5 Å². The van der Waals surface area contributed by atoms with Crippen LogP contribution in [0.1, 0.15) is 47.5 Å². The predicted octanol–water partition coefficient (Wildman–Crippen LogP) is 3.54. The molecule has 0 aromatic heterocycles. The van der Waals surface area contributed by atoms with Crippen LogP contribution >= 0.6 is 0 Å². The maximum absolute atomic E-state index is 11.0. The smallest absolute Gasteiger partial charge is 0.407 e. The zero-order chi connectivity index (χ0) is 17.3. The maximum atomic E-state index is 11.0. The Labute approximate surface area is 135 Å². The number of hydrogen-bond acceptors (Lipinski definition) is 3. The van der Waals surface area contributed by atoms with Crippen molar-refractivity contribution >= 4 is 14.4 Å². The van der Waals surface area contributed by atoms with Crippen molar-refractivity contribution in [3.63, 3.8) is 0 Å². The molecule has 0 spiro atoms. The van der Waals surface area contributed by atoms with Crippen molar-refractivity contribution < 1.29 is 19.4 Å². The molecular weight excluding hydrogens is 298 g/mol. The molecule has 0 bridgehead atoms. The standard InChI is InChI=1S/C16H33NO4Si/c1-12(21-22(6,7)15(2,3)4)13(18)16(5)8-10-17(11-9-16)14(19)20/h12-13,18H,8-11H2,1-7H3,(H,19,20)/t12-,13?/m0/s1. The number of nitrogens with zero attached hydrogens (tertiary/aromatic N) is 1. The minimum atomic E-state index is -1.92. The summed E-state index contributed by atoms with van der Waals surface area (Å²) >= 11 is 0. The van der Waals surface area contributed by atoms with E-state index >= 15 is 0 Å². The number of aliphatic hydroxyl groups is 1. The summed E-state index contributed by atoms with van der Waals surface area (Å²) < 4.78 is 6.32. The molecule has 1 unspecified atom stereocenters. The van der Waals surface area contributed by atoms with Crippen molar-refractivity contribution in [2.45, 2.75) is 77.8 Å². The Hall–Kier alpha value is -0.593. The fourth-order valence-corrected chi connectivity index (χ4v) is 4.19. The third-order valence-corrected chi connectivity index (χ3v) is 10.2. The van der Waals surface area contributed by atoms with Gasteiger partial charge < -0.3 is 19.5 Å². The molecule has 1 heterocycles.